The Morgan fingerprint density at radius 1 is 1.31 bits per heavy atom. The summed E-state index contributed by atoms with van der Waals surface area (Å²) in [6, 6.07) is 5.37. The summed E-state index contributed by atoms with van der Waals surface area (Å²) in [7, 11) is 2.43. The van der Waals surface area contributed by atoms with Crippen molar-refractivity contribution in [2.24, 2.45) is 0 Å². The van der Waals surface area contributed by atoms with E-state index in [9.17, 15) is 10.0 Å². The summed E-state index contributed by atoms with van der Waals surface area (Å²) < 4.78 is 5.50. The van der Waals surface area contributed by atoms with E-state index in [1.54, 1.807) is 12.1 Å². The van der Waals surface area contributed by atoms with Gasteiger partial charge in [-0.25, -0.2) is 0 Å². The quantitative estimate of drug-likeness (QED) is 0.668. The molecule has 0 bridgehead atoms. The zero-order chi connectivity index (χ0) is 12.1. The fraction of sp³-hybridized carbons (Fsp3) is 0.455. The minimum atomic E-state index is -1.49. The Morgan fingerprint density at radius 2 is 2.00 bits per heavy atom. The van der Waals surface area contributed by atoms with Gasteiger partial charge in [-0.15, -0.1) is 0 Å². The molecule has 0 aliphatic heterocycles. The maximum atomic E-state index is 9.20. The van der Waals surface area contributed by atoms with Gasteiger partial charge in [0.1, 0.15) is 12.4 Å². The van der Waals surface area contributed by atoms with Crippen molar-refractivity contribution in [1.82, 2.24) is 4.90 Å². The van der Waals surface area contributed by atoms with E-state index in [4.69, 9.17) is 4.74 Å². The van der Waals surface area contributed by atoms with Crippen LogP contribution in [0.2, 0.25) is 0 Å². The Bertz CT molecular complexity index is 342. The average molecular weight is 223 g/mol. The first kappa shape index (κ1) is 13.0. The highest BCUT2D eigenvalue weighted by Crippen LogP contribution is 2.09. The lowest BCUT2D eigenvalue weighted by Crippen LogP contribution is -2.32. The molecule has 0 amide bonds. The van der Waals surface area contributed by atoms with Gasteiger partial charge in [0.15, 0.2) is 0 Å². The summed E-state index contributed by atoms with van der Waals surface area (Å²) >= 11 is 0. The van der Waals surface area contributed by atoms with Crippen LogP contribution in [-0.2, 0) is 0 Å². The zero-order valence-corrected chi connectivity index (χ0v) is 9.97. The van der Waals surface area contributed by atoms with Gasteiger partial charge in [-0.05, 0) is 27.1 Å². The molecule has 0 heterocycles. The predicted octanol–water partition coefficient (Wildman–Crippen LogP) is -0.385. The van der Waals surface area contributed by atoms with Crippen LogP contribution in [0.15, 0.2) is 18.2 Å². The van der Waals surface area contributed by atoms with Crippen LogP contribution in [0.4, 0.5) is 0 Å². The van der Waals surface area contributed by atoms with E-state index >= 15 is 0 Å². The van der Waals surface area contributed by atoms with E-state index in [-0.39, 0.29) is 0 Å². The SMILES string of the molecule is Cc1ccc(OCCN(C)C)c(B(O)O)c1. The third-order valence-corrected chi connectivity index (χ3v) is 2.24. The molecular formula is C11H18BNO3. The van der Waals surface area contributed by atoms with E-state index in [1.165, 1.54) is 0 Å². The van der Waals surface area contributed by atoms with Crippen molar-refractivity contribution in [2.45, 2.75) is 6.92 Å². The van der Waals surface area contributed by atoms with Gasteiger partial charge in [-0.3, -0.25) is 0 Å². The summed E-state index contributed by atoms with van der Waals surface area (Å²) in [6.07, 6.45) is 0. The molecule has 0 atom stereocenters. The minimum absolute atomic E-state index is 0.416. The third-order valence-electron chi connectivity index (χ3n) is 2.24. The highest BCUT2D eigenvalue weighted by atomic mass is 16.5. The van der Waals surface area contributed by atoms with Crippen molar-refractivity contribution in [2.75, 3.05) is 27.2 Å². The van der Waals surface area contributed by atoms with Gasteiger partial charge in [0, 0.05) is 12.0 Å². The lowest BCUT2D eigenvalue weighted by atomic mass is 9.79. The smallest absolute Gasteiger partial charge is 0.492 e. The van der Waals surface area contributed by atoms with Crippen LogP contribution in [0.3, 0.4) is 0 Å². The van der Waals surface area contributed by atoms with Crippen LogP contribution >= 0.6 is 0 Å². The molecule has 0 aromatic heterocycles. The molecule has 16 heavy (non-hydrogen) atoms. The fourth-order valence-corrected chi connectivity index (χ4v) is 1.34. The topological polar surface area (TPSA) is 52.9 Å². The lowest BCUT2D eigenvalue weighted by molar-refractivity contribution is 0.262. The predicted molar refractivity (Wildman–Crippen MR) is 65.1 cm³/mol. The number of rotatable bonds is 5. The van der Waals surface area contributed by atoms with Crippen LogP contribution in [0, 0.1) is 6.92 Å². The average Bonchev–Trinajstić information content (AvgIpc) is 2.19. The molecule has 0 fully saturated rings. The van der Waals surface area contributed by atoms with Gasteiger partial charge < -0.3 is 19.7 Å². The monoisotopic (exact) mass is 223 g/mol. The van der Waals surface area contributed by atoms with Gasteiger partial charge in [-0.2, -0.15) is 0 Å². The first-order valence-corrected chi connectivity index (χ1v) is 5.25. The van der Waals surface area contributed by atoms with Gasteiger partial charge in [-0.1, -0.05) is 17.7 Å². The Morgan fingerprint density at radius 3 is 2.56 bits per heavy atom. The molecule has 1 aromatic carbocycles. The first-order chi connectivity index (χ1) is 7.50. The summed E-state index contributed by atoms with van der Waals surface area (Å²) in [4.78, 5) is 2.00. The Labute approximate surface area is 96.6 Å². The van der Waals surface area contributed by atoms with Crippen LogP contribution in [0.25, 0.3) is 0 Å². The number of benzene rings is 1. The van der Waals surface area contributed by atoms with Gasteiger partial charge in [0.2, 0.25) is 0 Å². The van der Waals surface area contributed by atoms with Crippen molar-refractivity contribution in [3.8, 4) is 5.75 Å². The molecule has 0 aliphatic rings. The zero-order valence-electron chi connectivity index (χ0n) is 9.97. The van der Waals surface area contributed by atoms with Crippen LogP contribution < -0.4 is 10.2 Å². The summed E-state index contributed by atoms with van der Waals surface area (Å²) in [5.41, 5.74) is 1.39. The molecule has 0 saturated carbocycles. The number of hydrogen-bond acceptors (Lipinski definition) is 4. The minimum Gasteiger partial charge on any atom is -0.493 e. The Kier molecular flexibility index (Phi) is 4.80. The van der Waals surface area contributed by atoms with Gasteiger partial charge in [0.05, 0.1) is 0 Å². The second kappa shape index (κ2) is 5.89. The van der Waals surface area contributed by atoms with Crippen LogP contribution in [0.5, 0.6) is 5.75 Å². The number of nitrogens with zero attached hydrogens (tertiary/aromatic N) is 1. The molecule has 0 aliphatic carbocycles. The Balaban J connectivity index is 2.71. The van der Waals surface area contributed by atoms with Crippen molar-refractivity contribution >= 4 is 12.6 Å². The fourth-order valence-electron chi connectivity index (χ4n) is 1.34. The second-order valence-electron chi connectivity index (χ2n) is 4.07. The normalized spacial score (nSPS) is 10.6. The number of likely N-dealkylation sites (N-methyl/N-ethyl adjacent to an activating group) is 1. The lowest BCUT2D eigenvalue weighted by Gasteiger charge is -2.14. The van der Waals surface area contributed by atoms with Crippen molar-refractivity contribution in [3.05, 3.63) is 23.8 Å². The van der Waals surface area contributed by atoms with Gasteiger partial charge in [0.25, 0.3) is 0 Å². The van der Waals surface area contributed by atoms with Crippen LogP contribution in [0.1, 0.15) is 5.56 Å². The number of aryl methyl sites for hydroxylation is 1. The highest BCUT2D eigenvalue weighted by molar-refractivity contribution is 6.59. The van der Waals surface area contributed by atoms with Crippen LogP contribution in [-0.4, -0.2) is 49.3 Å². The molecule has 0 radical (unpaired) electrons. The molecule has 0 saturated heterocycles. The number of hydrogen-bond donors (Lipinski definition) is 2. The molecule has 2 N–H and O–H groups in total. The first-order valence-electron chi connectivity index (χ1n) is 5.25. The molecule has 5 heteroatoms. The van der Waals surface area contributed by atoms with Gasteiger partial charge >= 0.3 is 7.12 Å². The molecule has 1 aromatic rings. The molecule has 88 valence electrons. The molecule has 0 unspecified atom stereocenters. The Hall–Kier alpha value is -1.04. The summed E-state index contributed by atoms with van der Waals surface area (Å²) in [5, 5.41) is 18.4. The highest BCUT2D eigenvalue weighted by Gasteiger charge is 2.17. The molecule has 4 nitrogen and oxygen atoms in total. The maximum absolute atomic E-state index is 9.20. The van der Waals surface area contributed by atoms with E-state index in [0.29, 0.717) is 17.8 Å². The van der Waals surface area contributed by atoms with Crippen molar-refractivity contribution in [1.29, 1.82) is 0 Å². The maximum Gasteiger partial charge on any atom is 0.492 e. The molecule has 0 spiro atoms. The van der Waals surface area contributed by atoms with Crippen molar-refractivity contribution in [3.63, 3.8) is 0 Å². The summed E-state index contributed by atoms with van der Waals surface area (Å²) in [5.74, 6) is 0.530. The van der Waals surface area contributed by atoms with E-state index in [2.05, 4.69) is 0 Å². The van der Waals surface area contributed by atoms with E-state index < -0.39 is 7.12 Å². The third kappa shape index (κ3) is 3.85. The number of ether oxygens (including phenoxy) is 1. The van der Waals surface area contributed by atoms with E-state index in [1.807, 2.05) is 32.0 Å². The standard InChI is InChI=1S/C11H18BNO3/c1-9-4-5-11(10(8-9)12(14)15)16-7-6-13(2)3/h4-5,8,14-15H,6-7H2,1-3H3. The van der Waals surface area contributed by atoms with E-state index in [0.717, 1.165) is 12.1 Å². The summed E-state index contributed by atoms with van der Waals surface area (Å²) in [6.45, 7) is 3.21. The molecule has 1 rings (SSSR count). The van der Waals surface area contributed by atoms with Crippen molar-refractivity contribution < 1.29 is 14.8 Å². The molecular weight excluding hydrogens is 205 g/mol. The largest absolute Gasteiger partial charge is 0.493 e. The second-order valence-corrected chi connectivity index (χ2v) is 4.07.